The average Bonchev–Trinajstić information content (AvgIpc) is 3.14. The molecule has 2 N–H and O–H groups in total. The third-order valence-electron chi connectivity index (χ3n) is 7.15. The smallest absolute Gasteiger partial charge is 0.119 e. The van der Waals surface area contributed by atoms with E-state index in [2.05, 4.69) is 79.9 Å². The lowest BCUT2D eigenvalue weighted by molar-refractivity contribution is 0.385. The van der Waals surface area contributed by atoms with Crippen molar-refractivity contribution in [2.45, 2.75) is 24.7 Å². The number of fused-ring (bicyclic) bond motifs is 3. The minimum absolute atomic E-state index is 0.0919. The molecule has 3 aromatic carbocycles. The van der Waals surface area contributed by atoms with E-state index >= 15 is 0 Å². The zero-order valence-electron chi connectivity index (χ0n) is 18.7. The Hall–Kier alpha value is -3.78. The average molecular weight is 433 g/mol. The summed E-state index contributed by atoms with van der Waals surface area (Å²) in [6, 6.07) is 23.3. The fourth-order valence-corrected chi connectivity index (χ4v) is 5.77. The van der Waals surface area contributed by atoms with Gasteiger partial charge in [-0.2, -0.15) is 0 Å². The maximum atomic E-state index is 10.6. The number of benzene rings is 3. The predicted molar refractivity (Wildman–Crippen MR) is 135 cm³/mol. The first-order valence-electron chi connectivity index (χ1n) is 11.4. The van der Waals surface area contributed by atoms with Gasteiger partial charge in [0.2, 0.25) is 0 Å². The van der Waals surface area contributed by atoms with Gasteiger partial charge in [0.25, 0.3) is 0 Å². The number of aromatic hydroxyl groups is 1. The zero-order valence-corrected chi connectivity index (χ0v) is 18.7. The molecule has 33 heavy (non-hydrogen) atoms. The number of phenolic OH excluding ortho intramolecular Hbond substituents is 1. The maximum absolute atomic E-state index is 10.6. The van der Waals surface area contributed by atoms with E-state index in [0.717, 1.165) is 23.1 Å². The summed E-state index contributed by atoms with van der Waals surface area (Å²) in [7, 11) is 0. The van der Waals surface area contributed by atoms with Gasteiger partial charge >= 0.3 is 0 Å². The first-order valence-corrected chi connectivity index (χ1v) is 11.4. The second-order valence-electron chi connectivity index (χ2n) is 8.89. The molecule has 2 aliphatic rings. The normalized spacial score (nSPS) is 18.0. The van der Waals surface area contributed by atoms with Crippen molar-refractivity contribution < 1.29 is 10.2 Å². The Morgan fingerprint density at radius 2 is 1.48 bits per heavy atom. The molecule has 0 saturated heterocycles. The first kappa shape index (κ1) is 21.1. The molecule has 164 valence electrons. The molecule has 0 bridgehead atoms. The summed E-state index contributed by atoms with van der Waals surface area (Å²) in [4.78, 5) is 0. The molecule has 0 heterocycles. The molecular weight excluding hydrogens is 404 g/mol. The van der Waals surface area contributed by atoms with Crippen LogP contribution in [0.25, 0.3) is 11.1 Å². The molecule has 3 aromatic rings. The highest BCUT2D eigenvalue weighted by molar-refractivity contribution is 5.84. The number of rotatable bonds is 6. The van der Waals surface area contributed by atoms with Crippen molar-refractivity contribution in [3.8, 4) is 16.9 Å². The minimum Gasteiger partial charge on any atom is -0.508 e. The van der Waals surface area contributed by atoms with E-state index in [1.807, 2.05) is 24.3 Å². The fraction of sp³-hybridized carbons (Fsp3) is 0.161. The Bertz CT molecular complexity index is 1260. The Kier molecular flexibility index (Phi) is 5.30. The molecule has 2 aliphatic carbocycles. The number of aliphatic hydroxyl groups is 1. The van der Waals surface area contributed by atoms with Crippen LogP contribution in [0.4, 0.5) is 0 Å². The lowest BCUT2D eigenvalue weighted by Crippen LogP contribution is -2.36. The monoisotopic (exact) mass is 432 g/mol. The van der Waals surface area contributed by atoms with E-state index in [-0.39, 0.29) is 11.7 Å². The number of aliphatic hydroxyl groups excluding tert-OH is 1. The molecule has 1 unspecified atom stereocenters. The SMILES string of the molecule is C=CCC1=C(O)C=CC(C2(c3ccc(O)c(CC=C)c3)c3ccccc3-c3ccccc32)C1. The zero-order chi connectivity index (χ0) is 23.0. The van der Waals surface area contributed by atoms with Crippen LogP contribution in [0.2, 0.25) is 0 Å². The van der Waals surface area contributed by atoms with Crippen molar-refractivity contribution in [1.82, 2.24) is 0 Å². The van der Waals surface area contributed by atoms with Crippen molar-refractivity contribution in [3.05, 3.63) is 138 Å². The lowest BCUT2D eigenvalue weighted by atomic mass is 9.61. The first-order chi connectivity index (χ1) is 16.1. The van der Waals surface area contributed by atoms with E-state index in [0.29, 0.717) is 18.6 Å². The number of hydrogen-bond acceptors (Lipinski definition) is 2. The van der Waals surface area contributed by atoms with E-state index < -0.39 is 5.41 Å². The van der Waals surface area contributed by atoms with Gasteiger partial charge in [0.15, 0.2) is 0 Å². The highest BCUT2D eigenvalue weighted by Crippen LogP contribution is 2.58. The van der Waals surface area contributed by atoms with Crippen LogP contribution in [-0.4, -0.2) is 10.2 Å². The highest BCUT2D eigenvalue weighted by atomic mass is 16.3. The molecule has 0 saturated carbocycles. The third-order valence-corrected chi connectivity index (χ3v) is 7.15. The Morgan fingerprint density at radius 3 is 2.12 bits per heavy atom. The summed E-state index contributed by atoms with van der Waals surface area (Å²) < 4.78 is 0. The molecule has 2 nitrogen and oxygen atoms in total. The maximum Gasteiger partial charge on any atom is 0.119 e. The molecule has 1 atom stereocenters. The standard InChI is InChI=1S/C31H28O2/c1-3-9-21-19-23(15-17-29(21)32)31(24-16-18-30(33)22(20-24)10-4-2)27-13-7-5-11-25(27)26-12-6-8-14-28(26)31/h3-8,11-19,24,32-33H,1-2,9-10,20H2. The molecule has 0 radical (unpaired) electrons. The topological polar surface area (TPSA) is 40.5 Å². The Labute approximate surface area is 195 Å². The molecule has 0 fully saturated rings. The summed E-state index contributed by atoms with van der Waals surface area (Å²) in [5.74, 6) is 0.727. The second-order valence-corrected chi connectivity index (χ2v) is 8.89. The fourth-order valence-electron chi connectivity index (χ4n) is 5.77. The summed E-state index contributed by atoms with van der Waals surface area (Å²) in [6.45, 7) is 7.77. The van der Waals surface area contributed by atoms with Gasteiger partial charge in [-0.15, -0.1) is 13.2 Å². The minimum atomic E-state index is -0.444. The highest BCUT2D eigenvalue weighted by Gasteiger charge is 2.49. The molecule has 5 rings (SSSR count). The van der Waals surface area contributed by atoms with Crippen molar-refractivity contribution in [2.75, 3.05) is 0 Å². The van der Waals surface area contributed by atoms with Gasteiger partial charge < -0.3 is 10.2 Å². The van der Waals surface area contributed by atoms with Gasteiger partial charge in [-0.3, -0.25) is 0 Å². The molecule has 2 heteroatoms. The number of hydrogen-bond donors (Lipinski definition) is 2. The largest absolute Gasteiger partial charge is 0.508 e. The van der Waals surface area contributed by atoms with Crippen molar-refractivity contribution >= 4 is 0 Å². The molecule has 0 amide bonds. The van der Waals surface area contributed by atoms with Crippen LogP contribution in [0.15, 0.2) is 116 Å². The van der Waals surface area contributed by atoms with Gasteiger partial charge in [0, 0.05) is 0 Å². The van der Waals surface area contributed by atoms with Crippen LogP contribution < -0.4 is 0 Å². The molecule has 0 aromatic heterocycles. The van der Waals surface area contributed by atoms with E-state index in [9.17, 15) is 10.2 Å². The van der Waals surface area contributed by atoms with Gasteiger partial charge in [0.1, 0.15) is 11.5 Å². The predicted octanol–water partition coefficient (Wildman–Crippen LogP) is 7.40. The van der Waals surface area contributed by atoms with Crippen LogP contribution in [0, 0.1) is 5.92 Å². The van der Waals surface area contributed by atoms with E-state index in [1.165, 1.54) is 22.3 Å². The number of allylic oxidation sites excluding steroid dienone is 5. The van der Waals surface area contributed by atoms with Gasteiger partial charge in [-0.05, 0) is 76.3 Å². The Morgan fingerprint density at radius 1 is 0.848 bits per heavy atom. The molecular formula is C31H28O2. The van der Waals surface area contributed by atoms with Crippen molar-refractivity contribution in [1.29, 1.82) is 0 Å². The van der Waals surface area contributed by atoms with E-state index in [4.69, 9.17) is 0 Å². The van der Waals surface area contributed by atoms with Crippen LogP contribution >= 0.6 is 0 Å². The quantitative estimate of drug-likeness (QED) is 0.398. The van der Waals surface area contributed by atoms with E-state index in [1.54, 1.807) is 0 Å². The van der Waals surface area contributed by atoms with Gasteiger partial charge in [0.05, 0.1) is 5.41 Å². The summed E-state index contributed by atoms with van der Waals surface area (Å²) in [5, 5.41) is 21.1. The van der Waals surface area contributed by atoms with Crippen LogP contribution in [0.1, 0.15) is 35.1 Å². The summed E-state index contributed by atoms with van der Waals surface area (Å²) in [6.07, 6.45) is 9.67. The second kappa shape index (κ2) is 8.29. The van der Waals surface area contributed by atoms with Crippen LogP contribution in [0.5, 0.6) is 5.75 Å². The third kappa shape index (κ3) is 3.17. The summed E-state index contributed by atoms with van der Waals surface area (Å²) in [5.41, 5.74) is 7.57. The van der Waals surface area contributed by atoms with Crippen LogP contribution in [0.3, 0.4) is 0 Å². The summed E-state index contributed by atoms with van der Waals surface area (Å²) >= 11 is 0. The van der Waals surface area contributed by atoms with Crippen molar-refractivity contribution in [2.24, 2.45) is 5.92 Å². The lowest BCUT2D eigenvalue weighted by Gasteiger charge is -2.41. The Balaban J connectivity index is 1.82. The molecule has 0 aliphatic heterocycles. The van der Waals surface area contributed by atoms with Gasteiger partial charge in [-0.1, -0.05) is 78.9 Å². The van der Waals surface area contributed by atoms with Crippen molar-refractivity contribution in [3.63, 3.8) is 0 Å². The number of phenols is 1. The van der Waals surface area contributed by atoms with Gasteiger partial charge in [-0.25, -0.2) is 0 Å². The van der Waals surface area contributed by atoms with Crippen LogP contribution in [-0.2, 0) is 11.8 Å². The molecule has 0 spiro atoms.